The van der Waals surface area contributed by atoms with E-state index in [4.69, 9.17) is 4.74 Å². The van der Waals surface area contributed by atoms with Crippen molar-refractivity contribution in [2.75, 3.05) is 13.7 Å². The average molecular weight is 257 g/mol. The molecule has 2 atom stereocenters. The van der Waals surface area contributed by atoms with Crippen LogP contribution in [0, 0.1) is 0 Å². The van der Waals surface area contributed by atoms with Crippen LogP contribution in [0.5, 0.6) is 0 Å². The van der Waals surface area contributed by atoms with Crippen molar-refractivity contribution in [1.29, 1.82) is 0 Å². The van der Waals surface area contributed by atoms with Gasteiger partial charge in [0, 0.05) is 24.4 Å². The highest BCUT2D eigenvalue weighted by Gasteiger charge is 2.23. The van der Waals surface area contributed by atoms with E-state index in [2.05, 4.69) is 28.7 Å². The van der Waals surface area contributed by atoms with Gasteiger partial charge in [-0.25, -0.2) is 4.68 Å². The van der Waals surface area contributed by atoms with Crippen molar-refractivity contribution in [3.63, 3.8) is 0 Å². The summed E-state index contributed by atoms with van der Waals surface area (Å²) in [6.45, 7) is 0.812. The first-order chi connectivity index (χ1) is 9.36. The number of ether oxygens (including phenoxy) is 1. The van der Waals surface area contributed by atoms with Gasteiger partial charge in [0.15, 0.2) is 0 Å². The predicted octanol–water partition coefficient (Wildman–Crippen LogP) is 2.31. The van der Waals surface area contributed by atoms with Crippen LogP contribution >= 0.6 is 0 Å². The Bertz CT molecular complexity index is 523. The summed E-state index contributed by atoms with van der Waals surface area (Å²) < 4.78 is 7.76. The molecular weight excluding hydrogens is 238 g/mol. The first-order valence-corrected chi connectivity index (χ1v) is 6.75. The summed E-state index contributed by atoms with van der Waals surface area (Å²) in [5.41, 5.74) is 2.23. The number of aromatic nitrogens is 2. The lowest BCUT2D eigenvalue weighted by Crippen LogP contribution is -2.33. The standard InChI is InChI=1S/C15H19N3O/c1-16-13-7-8-19-15(9-13)12-10-17-18(11-12)14-5-3-2-4-6-14/h2-6,10-11,13,15-16H,7-9H2,1H3. The predicted molar refractivity (Wildman–Crippen MR) is 74.3 cm³/mol. The molecule has 19 heavy (non-hydrogen) atoms. The summed E-state index contributed by atoms with van der Waals surface area (Å²) in [6.07, 6.45) is 6.23. The highest BCUT2D eigenvalue weighted by atomic mass is 16.5. The molecule has 0 bridgehead atoms. The Labute approximate surface area is 113 Å². The van der Waals surface area contributed by atoms with E-state index in [-0.39, 0.29) is 6.10 Å². The zero-order chi connectivity index (χ0) is 13.1. The summed E-state index contributed by atoms with van der Waals surface area (Å²) in [5, 5.41) is 7.76. The molecule has 4 nitrogen and oxygen atoms in total. The molecule has 1 aromatic carbocycles. The fourth-order valence-electron chi connectivity index (χ4n) is 2.52. The van der Waals surface area contributed by atoms with Crippen LogP contribution in [0.1, 0.15) is 24.5 Å². The summed E-state index contributed by atoms with van der Waals surface area (Å²) in [4.78, 5) is 0. The number of para-hydroxylation sites is 1. The highest BCUT2D eigenvalue weighted by Crippen LogP contribution is 2.28. The second-order valence-electron chi connectivity index (χ2n) is 4.92. The molecule has 2 heterocycles. The lowest BCUT2D eigenvalue weighted by atomic mass is 10.00. The third-order valence-electron chi connectivity index (χ3n) is 3.69. The minimum Gasteiger partial charge on any atom is -0.373 e. The van der Waals surface area contributed by atoms with E-state index in [1.165, 1.54) is 0 Å². The van der Waals surface area contributed by atoms with Crippen molar-refractivity contribution in [1.82, 2.24) is 15.1 Å². The van der Waals surface area contributed by atoms with Crippen molar-refractivity contribution in [2.45, 2.75) is 25.0 Å². The maximum Gasteiger partial charge on any atom is 0.0870 e. The topological polar surface area (TPSA) is 39.1 Å². The van der Waals surface area contributed by atoms with Gasteiger partial charge in [0.1, 0.15) is 0 Å². The van der Waals surface area contributed by atoms with E-state index >= 15 is 0 Å². The van der Waals surface area contributed by atoms with Crippen LogP contribution in [-0.4, -0.2) is 29.5 Å². The lowest BCUT2D eigenvalue weighted by Gasteiger charge is -2.28. The zero-order valence-electron chi connectivity index (χ0n) is 11.1. The van der Waals surface area contributed by atoms with Crippen molar-refractivity contribution in [3.8, 4) is 5.69 Å². The first kappa shape index (κ1) is 12.4. The number of hydrogen-bond acceptors (Lipinski definition) is 3. The van der Waals surface area contributed by atoms with Crippen molar-refractivity contribution < 1.29 is 4.74 Å². The molecule has 1 aliphatic rings. The third kappa shape index (κ3) is 2.69. The molecule has 2 aromatic rings. The molecule has 3 rings (SSSR count). The van der Waals surface area contributed by atoms with Gasteiger partial charge in [-0.3, -0.25) is 0 Å². The second kappa shape index (κ2) is 5.55. The second-order valence-corrected chi connectivity index (χ2v) is 4.92. The fraction of sp³-hybridized carbons (Fsp3) is 0.400. The van der Waals surface area contributed by atoms with Gasteiger partial charge in [-0.2, -0.15) is 5.10 Å². The van der Waals surface area contributed by atoms with Crippen LogP contribution in [0.25, 0.3) is 5.69 Å². The zero-order valence-corrected chi connectivity index (χ0v) is 11.1. The number of nitrogens with one attached hydrogen (secondary N) is 1. The molecule has 1 aliphatic heterocycles. The minimum absolute atomic E-state index is 0.156. The SMILES string of the molecule is CNC1CCOC(c2cnn(-c3ccccc3)c2)C1. The van der Waals surface area contributed by atoms with Crippen LogP contribution < -0.4 is 5.32 Å². The molecule has 0 radical (unpaired) electrons. The molecule has 2 unspecified atom stereocenters. The van der Waals surface area contributed by atoms with E-state index in [0.717, 1.165) is 30.7 Å². The van der Waals surface area contributed by atoms with Gasteiger partial charge in [0.2, 0.25) is 0 Å². The van der Waals surface area contributed by atoms with Gasteiger partial charge in [-0.15, -0.1) is 0 Å². The van der Waals surface area contributed by atoms with Gasteiger partial charge in [0.05, 0.1) is 18.0 Å². The molecule has 0 amide bonds. The molecule has 4 heteroatoms. The molecule has 0 spiro atoms. The van der Waals surface area contributed by atoms with E-state index in [1.54, 1.807) is 0 Å². The molecule has 1 saturated heterocycles. The highest BCUT2D eigenvalue weighted by molar-refractivity contribution is 5.31. The number of hydrogen-bond donors (Lipinski definition) is 1. The van der Waals surface area contributed by atoms with Crippen LogP contribution in [0.15, 0.2) is 42.7 Å². The Kier molecular flexibility index (Phi) is 3.62. The largest absolute Gasteiger partial charge is 0.373 e. The van der Waals surface area contributed by atoms with Gasteiger partial charge >= 0.3 is 0 Å². The maximum absolute atomic E-state index is 5.85. The summed E-state index contributed by atoms with van der Waals surface area (Å²) in [6, 6.07) is 10.7. The Morgan fingerprint density at radius 3 is 2.95 bits per heavy atom. The van der Waals surface area contributed by atoms with E-state index < -0.39 is 0 Å². The summed E-state index contributed by atoms with van der Waals surface area (Å²) >= 11 is 0. The van der Waals surface area contributed by atoms with E-state index in [1.807, 2.05) is 36.1 Å². The number of nitrogens with zero attached hydrogens (tertiary/aromatic N) is 2. The molecular formula is C15H19N3O. The number of rotatable bonds is 3. The van der Waals surface area contributed by atoms with Crippen LogP contribution in [0.3, 0.4) is 0 Å². The van der Waals surface area contributed by atoms with E-state index in [0.29, 0.717) is 6.04 Å². The Morgan fingerprint density at radius 2 is 2.16 bits per heavy atom. The minimum atomic E-state index is 0.156. The van der Waals surface area contributed by atoms with Gasteiger partial charge < -0.3 is 10.1 Å². The van der Waals surface area contributed by atoms with Crippen molar-refractivity contribution >= 4 is 0 Å². The van der Waals surface area contributed by atoms with Crippen LogP contribution in [-0.2, 0) is 4.74 Å². The molecule has 0 aliphatic carbocycles. The first-order valence-electron chi connectivity index (χ1n) is 6.75. The van der Waals surface area contributed by atoms with Gasteiger partial charge in [0.25, 0.3) is 0 Å². The van der Waals surface area contributed by atoms with Crippen LogP contribution in [0.2, 0.25) is 0 Å². The maximum atomic E-state index is 5.85. The Balaban J connectivity index is 1.78. The van der Waals surface area contributed by atoms with E-state index in [9.17, 15) is 0 Å². The van der Waals surface area contributed by atoms with Crippen molar-refractivity contribution in [3.05, 3.63) is 48.3 Å². The molecule has 1 N–H and O–H groups in total. The quantitative estimate of drug-likeness (QED) is 0.917. The molecule has 1 fully saturated rings. The normalized spacial score (nSPS) is 23.4. The monoisotopic (exact) mass is 257 g/mol. The smallest absolute Gasteiger partial charge is 0.0870 e. The average Bonchev–Trinajstić information content (AvgIpc) is 2.98. The lowest BCUT2D eigenvalue weighted by molar-refractivity contribution is 0.00153. The van der Waals surface area contributed by atoms with Crippen LogP contribution in [0.4, 0.5) is 0 Å². The van der Waals surface area contributed by atoms with Crippen molar-refractivity contribution in [2.24, 2.45) is 0 Å². The summed E-state index contributed by atoms with van der Waals surface area (Å²) in [7, 11) is 2.01. The fourth-order valence-corrected chi connectivity index (χ4v) is 2.52. The number of benzene rings is 1. The van der Waals surface area contributed by atoms with Gasteiger partial charge in [-0.05, 0) is 32.0 Å². The Morgan fingerprint density at radius 1 is 1.32 bits per heavy atom. The molecule has 0 saturated carbocycles. The van der Waals surface area contributed by atoms with Gasteiger partial charge in [-0.1, -0.05) is 18.2 Å². The molecule has 1 aromatic heterocycles. The molecule has 100 valence electrons. The third-order valence-corrected chi connectivity index (χ3v) is 3.69. The Hall–Kier alpha value is -1.65. The summed E-state index contributed by atoms with van der Waals surface area (Å²) in [5.74, 6) is 0.